The lowest BCUT2D eigenvalue weighted by Gasteiger charge is -2.07. The van der Waals surface area contributed by atoms with Crippen molar-refractivity contribution in [1.82, 2.24) is 15.5 Å². The molecule has 0 saturated heterocycles. The standard InChI is InChI=1S/C14H16F3N3O/c1-3-8-18-9(2)12-19-20-13(21-12)10-4-6-11(7-5-10)14(15,16)17/h4-7,9,18H,3,8H2,1-2H3. The van der Waals surface area contributed by atoms with Gasteiger partial charge in [-0.1, -0.05) is 6.92 Å². The van der Waals surface area contributed by atoms with E-state index in [4.69, 9.17) is 4.42 Å². The van der Waals surface area contributed by atoms with E-state index in [1.165, 1.54) is 12.1 Å². The van der Waals surface area contributed by atoms with Gasteiger partial charge in [0.2, 0.25) is 11.8 Å². The molecular weight excluding hydrogens is 283 g/mol. The maximum Gasteiger partial charge on any atom is 0.416 e. The molecule has 2 rings (SSSR count). The molecule has 1 N–H and O–H groups in total. The summed E-state index contributed by atoms with van der Waals surface area (Å²) < 4.78 is 43.0. The Kier molecular flexibility index (Phi) is 4.62. The molecule has 0 fully saturated rings. The summed E-state index contributed by atoms with van der Waals surface area (Å²) >= 11 is 0. The van der Waals surface area contributed by atoms with Gasteiger partial charge in [0.1, 0.15) is 0 Å². The highest BCUT2D eigenvalue weighted by Crippen LogP contribution is 2.30. The SMILES string of the molecule is CCCNC(C)c1nnc(-c2ccc(C(F)(F)F)cc2)o1. The van der Waals surface area contributed by atoms with Crippen molar-refractivity contribution >= 4 is 0 Å². The molecule has 0 saturated carbocycles. The van der Waals surface area contributed by atoms with E-state index in [1.807, 2.05) is 13.8 Å². The van der Waals surface area contributed by atoms with E-state index in [9.17, 15) is 13.2 Å². The second-order valence-corrected chi connectivity index (χ2v) is 4.70. The van der Waals surface area contributed by atoms with Crippen molar-refractivity contribution in [2.24, 2.45) is 0 Å². The van der Waals surface area contributed by atoms with E-state index in [0.717, 1.165) is 25.1 Å². The lowest BCUT2D eigenvalue weighted by Crippen LogP contribution is -2.19. The van der Waals surface area contributed by atoms with Gasteiger partial charge < -0.3 is 9.73 Å². The van der Waals surface area contributed by atoms with Crippen molar-refractivity contribution in [3.63, 3.8) is 0 Å². The Morgan fingerprint density at radius 2 is 1.86 bits per heavy atom. The van der Waals surface area contributed by atoms with Gasteiger partial charge in [-0.2, -0.15) is 13.2 Å². The van der Waals surface area contributed by atoms with Gasteiger partial charge >= 0.3 is 6.18 Å². The topological polar surface area (TPSA) is 51.0 Å². The summed E-state index contributed by atoms with van der Waals surface area (Å²) in [7, 11) is 0. The van der Waals surface area contributed by atoms with Crippen molar-refractivity contribution in [3.05, 3.63) is 35.7 Å². The zero-order valence-corrected chi connectivity index (χ0v) is 11.7. The lowest BCUT2D eigenvalue weighted by molar-refractivity contribution is -0.137. The zero-order valence-electron chi connectivity index (χ0n) is 11.7. The molecule has 0 aliphatic carbocycles. The van der Waals surface area contributed by atoms with Crippen LogP contribution in [0.2, 0.25) is 0 Å². The van der Waals surface area contributed by atoms with Crippen molar-refractivity contribution in [1.29, 1.82) is 0 Å². The predicted octanol–water partition coefficient (Wildman–Crippen LogP) is 3.82. The molecule has 0 amide bonds. The highest BCUT2D eigenvalue weighted by molar-refractivity contribution is 5.53. The Morgan fingerprint density at radius 3 is 2.43 bits per heavy atom. The van der Waals surface area contributed by atoms with Crippen LogP contribution in [0.4, 0.5) is 13.2 Å². The van der Waals surface area contributed by atoms with Gasteiger partial charge in [-0.25, -0.2) is 0 Å². The van der Waals surface area contributed by atoms with Crippen LogP contribution in [0.5, 0.6) is 0 Å². The van der Waals surface area contributed by atoms with E-state index >= 15 is 0 Å². The number of hydrogen-bond acceptors (Lipinski definition) is 4. The molecule has 1 heterocycles. The number of hydrogen-bond donors (Lipinski definition) is 1. The number of alkyl halides is 3. The van der Waals surface area contributed by atoms with Gasteiger partial charge in [0.05, 0.1) is 11.6 Å². The first kappa shape index (κ1) is 15.5. The van der Waals surface area contributed by atoms with Crippen molar-refractivity contribution < 1.29 is 17.6 Å². The highest BCUT2D eigenvalue weighted by atomic mass is 19.4. The smallest absolute Gasteiger partial charge is 0.416 e. The Labute approximate surface area is 120 Å². The molecule has 0 aliphatic rings. The van der Waals surface area contributed by atoms with Crippen LogP contribution in [0.3, 0.4) is 0 Å². The Hall–Kier alpha value is -1.89. The van der Waals surface area contributed by atoms with E-state index in [-0.39, 0.29) is 11.9 Å². The van der Waals surface area contributed by atoms with Crippen molar-refractivity contribution in [3.8, 4) is 11.5 Å². The fraction of sp³-hybridized carbons (Fsp3) is 0.429. The van der Waals surface area contributed by atoms with Gasteiger partial charge in [0.25, 0.3) is 0 Å². The number of nitrogens with zero attached hydrogens (tertiary/aromatic N) is 2. The van der Waals surface area contributed by atoms with E-state index < -0.39 is 11.7 Å². The first-order valence-corrected chi connectivity index (χ1v) is 6.66. The maximum atomic E-state index is 12.5. The van der Waals surface area contributed by atoms with Crippen LogP contribution in [0.1, 0.15) is 37.8 Å². The minimum atomic E-state index is -4.35. The third kappa shape index (κ3) is 3.81. The number of benzene rings is 1. The molecule has 0 radical (unpaired) electrons. The molecule has 1 unspecified atom stereocenters. The molecule has 114 valence electrons. The third-order valence-corrected chi connectivity index (χ3v) is 2.97. The van der Waals surface area contributed by atoms with Gasteiger partial charge in [-0.15, -0.1) is 10.2 Å². The molecule has 21 heavy (non-hydrogen) atoms. The predicted molar refractivity (Wildman–Crippen MR) is 71.4 cm³/mol. The van der Waals surface area contributed by atoms with Crippen molar-refractivity contribution in [2.45, 2.75) is 32.5 Å². The van der Waals surface area contributed by atoms with Crippen LogP contribution in [0.25, 0.3) is 11.5 Å². The molecule has 1 aromatic heterocycles. The molecule has 4 nitrogen and oxygen atoms in total. The first-order valence-electron chi connectivity index (χ1n) is 6.66. The third-order valence-electron chi connectivity index (χ3n) is 2.97. The minimum absolute atomic E-state index is 0.0966. The summed E-state index contributed by atoms with van der Waals surface area (Å²) in [5.74, 6) is 0.627. The summed E-state index contributed by atoms with van der Waals surface area (Å²) in [6.07, 6.45) is -3.37. The summed E-state index contributed by atoms with van der Waals surface area (Å²) in [5, 5.41) is 11.0. The summed E-state index contributed by atoms with van der Waals surface area (Å²) in [6.45, 7) is 4.75. The van der Waals surface area contributed by atoms with Crippen LogP contribution in [0.15, 0.2) is 28.7 Å². The maximum absolute atomic E-state index is 12.5. The molecule has 7 heteroatoms. The minimum Gasteiger partial charge on any atom is -0.419 e. The molecule has 0 bridgehead atoms. The summed E-state index contributed by atoms with van der Waals surface area (Å²) in [5.41, 5.74) is -0.242. The highest BCUT2D eigenvalue weighted by Gasteiger charge is 2.30. The molecule has 2 aromatic rings. The average molecular weight is 299 g/mol. The second-order valence-electron chi connectivity index (χ2n) is 4.70. The Morgan fingerprint density at radius 1 is 1.19 bits per heavy atom. The summed E-state index contributed by atoms with van der Waals surface area (Å²) in [6, 6.07) is 4.55. The number of nitrogens with one attached hydrogen (secondary N) is 1. The van der Waals surface area contributed by atoms with E-state index in [2.05, 4.69) is 15.5 Å². The Balaban J connectivity index is 2.14. The summed E-state index contributed by atoms with van der Waals surface area (Å²) in [4.78, 5) is 0. The second kappa shape index (κ2) is 6.26. The van der Waals surface area contributed by atoms with E-state index in [0.29, 0.717) is 11.5 Å². The van der Waals surface area contributed by atoms with Crippen LogP contribution >= 0.6 is 0 Å². The fourth-order valence-electron chi connectivity index (χ4n) is 1.78. The van der Waals surface area contributed by atoms with Gasteiger partial charge in [-0.05, 0) is 44.2 Å². The zero-order chi connectivity index (χ0) is 15.5. The molecule has 1 atom stereocenters. The van der Waals surface area contributed by atoms with Crippen LogP contribution in [-0.2, 0) is 6.18 Å². The normalized spacial score (nSPS) is 13.4. The average Bonchev–Trinajstić information content (AvgIpc) is 2.94. The first-order chi connectivity index (χ1) is 9.91. The van der Waals surface area contributed by atoms with Crippen molar-refractivity contribution in [2.75, 3.05) is 6.54 Å². The largest absolute Gasteiger partial charge is 0.419 e. The van der Waals surface area contributed by atoms with Gasteiger partial charge in [0.15, 0.2) is 0 Å². The Bertz CT molecular complexity index is 578. The quantitative estimate of drug-likeness (QED) is 0.912. The van der Waals surface area contributed by atoms with Gasteiger partial charge in [-0.3, -0.25) is 0 Å². The molecule has 0 spiro atoms. The molecule has 0 aliphatic heterocycles. The van der Waals surface area contributed by atoms with E-state index in [1.54, 1.807) is 0 Å². The van der Waals surface area contributed by atoms with Crippen LogP contribution in [-0.4, -0.2) is 16.7 Å². The van der Waals surface area contributed by atoms with Gasteiger partial charge in [0, 0.05) is 5.56 Å². The van der Waals surface area contributed by atoms with Crippen LogP contribution in [0, 0.1) is 0 Å². The molecular formula is C14H16F3N3O. The van der Waals surface area contributed by atoms with Crippen LogP contribution < -0.4 is 5.32 Å². The fourth-order valence-corrected chi connectivity index (χ4v) is 1.78. The number of rotatable bonds is 5. The number of aromatic nitrogens is 2. The number of halogens is 3. The molecule has 1 aromatic carbocycles. The monoisotopic (exact) mass is 299 g/mol. The lowest BCUT2D eigenvalue weighted by atomic mass is 10.1.